The average molecular weight is 667 g/mol. The van der Waals surface area contributed by atoms with E-state index >= 15 is 4.39 Å². The van der Waals surface area contributed by atoms with Gasteiger partial charge in [-0.15, -0.1) is 6.42 Å². The summed E-state index contributed by atoms with van der Waals surface area (Å²) in [5, 5.41) is 11.5. The summed E-state index contributed by atoms with van der Waals surface area (Å²) >= 11 is 0. The molecule has 3 aliphatic rings. The van der Waals surface area contributed by atoms with Crippen molar-refractivity contribution < 1.29 is 27.8 Å². The number of aromatic nitrogens is 3. The summed E-state index contributed by atoms with van der Waals surface area (Å²) < 4.78 is 59.1. The lowest BCUT2D eigenvalue weighted by atomic mass is 9.95. The monoisotopic (exact) mass is 666 g/mol. The molecule has 0 aliphatic carbocycles. The Morgan fingerprint density at radius 3 is 2.80 bits per heavy atom. The number of hydrogen-bond acceptors (Lipinski definition) is 9. The number of nitrogens with two attached hydrogens (primary N) is 1. The molecule has 2 aromatic heterocycles. The van der Waals surface area contributed by atoms with Gasteiger partial charge in [-0.1, -0.05) is 30.2 Å². The average Bonchev–Trinajstić information content (AvgIpc) is 3.55. The van der Waals surface area contributed by atoms with Crippen LogP contribution >= 0.6 is 0 Å². The first-order valence-corrected chi connectivity index (χ1v) is 16.3. The number of alkyl halides is 1. The van der Waals surface area contributed by atoms with Crippen LogP contribution in [0.15, 0.2) is 48.5 Å². The largest absolute Gasteiger partial charge is 0.508 e. The molecule has 3 aliphatic heterocycles. The molecule has 0 amide bonds. The van der Waals surface area contributed by atoms with E-state index in [9.17, 15) is 13.9 Å². The highest BCUT2D eigenvalue weighted by Gasteiger charge is 2.49. The summed E-state index contributed by atoms with van der Waals surface area (Å²) in [5.74, 6) is 1.01. The van der Waals surface area contributed by atoms with Gasteiger partial charge in [-0.25, -0.2) is 18.2 Å². The molecule has 3 aromatic carbocycles. The van der Waals surface area contributed by atoms with Crippen LogP contribution < -0.4 is 20.1 Å². The van der Waals surface area contributed by atoms with Crippen molar-refractivity contribution in [1.29, 1.82) is 0 Å². The fourth-order valence-electron chi connectivity index (χ4n) is 7.84. The molecule has 8 rings (SSSR count). The quantitative estimate of drug-likeness (QED) is 0.159. The van der Waals surface area contributed by atoms with Crippen molar-refractivity contribution >= 4 is 33.2 Å². The number of halogens is 3. The number of nitrogens with zero attached hydrogens (tertiary/aromatic N) is 5. The molecule has 250 valence electrons. The minimum Gasteiger partial charge on any atom is -0.508 e. The van der Waals surface area contributed by atoms with Crippen LogP contribution in [0.2, 0.25) is 0 Å². The minimum atomic E-state index is -0.959. The molecule has 12 heteroatoms. The van der Waals surface area contributed by atoms with E-state index in [1.807, 2.05) is 36.1 Å². The molecule has 2 fully saturated rings. The van der Waals surface area contributed by atoms with Crippen LogP contribution in [0.1, 0.15) is 43.4 Å². The first-order valence-electron chi connectivity index (χ1n) is 16.3. The molecular formula is C37H33F3N6O3. The van der Waals surface area contributed by atoms with Crippen LogP contribution in [-0.2, 0) is 0 Å². The van der Waals surface area contributed by atoms with Gasteiger partial charge < -0.3 is 25.2 Å². The van der Waals surface area contributed by atoms with Gasteiger partial charge in [0.05, 0.1) is 23.7 Å². The topological polar surface area (TPSA) is 110 Å². The number of rotatable bonds is 6. The van der Waals surface area contributed by atoms with Crippen molar-refractivity contribution in [2.45, 2.75) is 43.9 Å². The molecule has 3 atom stereocenters. The van der Waals surface area contributed by atoms with Gasteiger partial charge in [-0.05, 0) is 61.5 Å². The molecule has 5 heterocycles. The molecular weight excluding hydrogens is 633 g/mol. The second-order valence-electron chi connectivity index (χ2n) is 13.0. The Morgan fingerprint density at radius 2 is 1.98 bits per heavy atom. The first-order chi connectivity index (χ1) is 23.7. The van der Waals surface area contributed by atoms with E-state index in [0.717, 1.165) is 24.9 Å². The summed E-state index contributed by atoms with van der Waals surface area (Å²) in [5.41, 5.74) is 6.87. The van der Waals surface area contributed by atoms with Crippen LogP contribution in [0.4, 0.5) is 24.7 Å². The van der Waals surface area contributed by atoms with Gasteiger partial charge in [-0.3, -0.25) is 4.90 Å². The molecule has 0 bridgehead atoms. The first kappa shape index (κ1) is 31.0. The fourth-order valence-corrected chi connectivity index (χ4v) is 7.84. The van der Waals surface area contributed by atoms with E-state index < -0.39 is 23.3 Å². The van der Waals surface area contributed by atoms with Crippen molar-refractivity contribution in [2.75, 3.05) is 43.5 Å². The van der Waals surface area contributed by atoms with Crippen molar-refractivity contribution in [3.8, 4) is 41.2 Å². The number of nitrogen functional groups attached to an aromatic ring is 1. The van der Waals surface area contributed by atoms with E-state index in [4.69, 9.17) is 26.6 Å². The van der Waals surface area contributed by atoms with Gasteiger partial charge in [0.1, 0.15) is 53.4 Å². The van der Waals surface area contributed by atoms with Crippen molar-refractivity contribution in [2.24, 2.45) is 0 Å². The van der Waals surface area contributed by atoms with Crippen LogP contribution in [0.25, 0.3) is 32.9 Å². The Kier molecular flexibility index (Phi) is 7.41. The third-order valence-corrected chi connectivity index (χ3v) is 10.2. The zero-order chi connectivity index (χ0) is 34.0. The van der Waals surface area contributed by atoms with Gasteiger partial charge in [0.25, 0.3) is 0 Å². The molecule has 0 saturated carbocycles. The van der Waals surface area contributed by atoms with E-state index in [2.05, 4.69) is 20.8 Å². The van der Waals surface area contributed by atoms with Gasteiger partial charge in [0.2, 0.25) is 5.88 Å². The van der Waals surface area contributed by atoms with Crippen LogP contribution in [-0.4, -0.2) is 69.5 Å². The Labute approximate surface area is 280 Å². The molecule has 49 heavy (non-hydrogen) atoms. The fraction of sp³-hybridized carbons (Fsp3) is 0.324. The maximum Gasteiger partial charge on any atom is 0.319 e. The predicted octanol–water partition coefficient (Wildman–Crippen LogP) is 6.31. The van der Waals surface area contributed by atoms with Crippen molar-refractivity contribution in [3.05, 3.63) is 71.3 Å². The number of phenols is 1. The zero-order valence-electron chi connectivity index (χ0n) is 26.7. The lowest BCUT2D eigenvalue weighted by Gasteiger charge is -2.32. The second kappa shape index (κ2) is 11.7. The summed E-state index contributed by atoms with van der Waals surface area (Å²) in [4.78, 5) is 18.1. The standard InChI is InChI=1S/C37H33F3N6O3/c1-3-24-27(39)10-9-21-15-23(47)16-26(29(21)24)32-31(40)33-30-34(44-36(43-33)49-19-37-11-6-12-45(37)18-22(38)17-37)46(13-14-48-35(30)42-32)20(2)25-7-4-5-8-28(25)41/h1,4-5,7-10,15-16,20,22,47H,6,11-14,17-19,41H2,2H3/t20?,22-,37+/m1/s1. The van der Waals surface area contributed by atoms with Gasteiger partial charge in [0.15, 0.2) is 5.82 Å². The van der Waals surface area contributed by atoms with E-state index in [0.29, 0.717) is 36.4 Å². The smallest absolute Gasteiger partial charge is 0.319 e. The lowest BCUT2D eigenvalue weighted by molar-refractivity contribution is 0.107. The maximum atomic E-state index is 17.1. The summed E-state index contributed by atoms with van der Waals surface area (Å²) in [6, 6.07) is 12.4. The summed E-state index contributed by atoms with van der Waals surface area (Å²) in [7, 11) is 0. The van der Waals surface area contributed by atoms with Crippen LogP contribution in [0, 0.1) is 24.0 Å². The SMILES string of the molecule is C#Cc1c(F)ccc2cc(O)cc(-c3nc4c5c(nc(OC[C@@]67CCCN6C[C@H](F)C7)nc5c3F)N(C(C)c3ccccc3N)CCO4)c12. The minimum absolute atomic E-state index is 0.0514. The zero-order valence-corrected chi connectivity index (χ0v) is 26.7. The van der Waals surface area contributed by atoms with Crippen molar-refractivity contribution in [1.82, 2.24) is 19.9 Å². The Morgan fingerprint density at radius 1 is 1.14 bits per heavy atom. The number of anilines is 2. The van der Waals surface area contributed by atoms with Gasteiger partial charge in [-0.2, -0.15) is 9.97 Å². The maximum absolute atomic E-state index is 17.1. The second-order valence-corrected chi connectivity index (χ2v) is 13.0. The number of ether oxygens (including phenoxy) is 2. The highest BCUT2D eigenvalue weighted by molar-refractivity contribution is 6.04. The van der Waals surface area contributed by atoms with E-state index in [1.165, 1.54) is 24.3 Å². The Hall–Kier alpha value is -5.28. The molecule has 1 unspecified atom stereocenters. The third-order valence-electron chi connectivity index (χ3n) is 10.2. The number of hydrogen-bond donors (Lipinski definition) is 2. The predicted molar refractivity (Wildman–Crippen MR) is 180 cm³/mol. The van der Waals surface area contributed by atoms with Crippen molar-refractivity contribution in [3.63, 3.8) is 0 Å². The Bertz CT molecular complexity index is 2190. The number of para-hydroxylation sites is 1. The highest BCUT2D eigenvalue weighted by Crippen LogP contribution is 2.45. The third kappa shape index (κ3) is 5.03. The lowest BCUT2D eigenvalue weighted by Crippen LogP contribution is -2.43. The molecule has 2 saturated heterocycles. The molecule has 5 aromatic rings. The van der Waals surface area contributed by atoms with Crippen LogP contribution in [0.3, 0.4) is 0 Å². The number of benzene rings is 3. The van der Waals surface area contributed by atoms with Crippen LogP contribution in [0.5, 0.6) is 17.6 Å². The van der Waals surface area contributed by atoms with Gasteiger partial charge in [0, 0.05) is 29.6 Å². The molecule has 0 spiro atoms. The summed E-state index contributed by atoms with van der Waals surface area (Å²) in [6.07, 6.45) is 6.79. The highest BCUT2D eigenvalue weighted by atomic mass is 19.1. The molecule has 0 radical (unpaired) electrons. The number of fused-ring (bicyclic) bond motifs is 2. The Balaban J connectivity index is 1.34. The van der Waals surface area contributed by atoms with E-state index in [1.54, 1.807) is 0 Å². The number of terminal acetylenes is 1. The number of pyridine rings is 1. The van der Waals surface area contributed by atoms with E-state index in [-0.39, 0.29) is 70.0 Å². The number of aromatic hydroxyl groups is 1. The van der Waals surface area contributed by atoms with Gasteiger partial charge >= 0.3 is 6.01 Å². The molecule has 9 nitrogen and oxygen atoms in total. The normalized spacial score (nSPS) is 21.0. The molecule has 3 N–H and O–H groups in total. The summed E-state index contributed by atoms with van der Waals surface area (Å²) in [6.45, 7) is 3.70. The number of phenolic OH excluding ortho intramolecular Hbond substituents is 1.